The SMILES string of the molecule is CC1(C(=O)Cl)CCCCC1C(=O)Cl. The van der Waals surface area contributed by atoms with E-state index in [0.717, 1.165) is 12.8 Å². The van der Waals surface area contributed by atoms with E-state index in [0.29, 0.717) is 12.8 Å². The molecule has 0 radical (unpaired) electrons. The van der Waals surface area contributed by atoms with Crippen LogP contribution >= 0.6 is 23.2 Å². The average Bonchev–Trinajstić information content (AvgIpc) is 2.04. The molecule has 2 unspecified atom stereocenters. The second-order valence-corrected chi connectivity index (χ2v) is 4.51. The minimum Gasteiger partial charge on any atom is -0.281 e. The number of hydrogen-bond donors (Lipinski definition) is 0. The van der Waals surface area contributed by atoms with Crippen LogP contribution in [0.3, 0.4) is 0 Å². The van der Waals surface area contributed by atoms with Crippen LogP contribution in [0.1, 0.15) is 32.6 Å². The van der Waals surface area contributed by atoms with Crippen LogP contribution in [0.25, 0.3) is 0 Å². The molecule has 0 heterocycles. The number of hydrogen-bond acceptors (Lipinski definition) is 2. The third kappa shape index (κ3) is 2.05. The highest BCUT2D eigenvalue weighted by atomic mass is 35.5. The molecule has 0 aromatic rings. The van der Waals surface area contributed by atoms with Crippen molar-refractivity contribution in [1.29, 1.82) is 0 Å². The van der Waals surface area contributed by atoms with Gasteiger partial charge in [0.25, 0.3) is 0 Å². The van der Waals surface area contributed by atoms with E-state index in [9.17, 15) is 9.59 Å². The molecule has 1 aliphatic rings. The van der Waals surface area contributed by atoms with E-state index < -0.39 is 21.8 Å². The molecule has 0 N–H and O–H groups in total. The van der Waals surface area contributed by atoms with Gasteiger partial charge in [-0.1, -0.05) is 19.8 Å². The van der Waals surface area contributed by atoms with Crippen LogP contribution in [0, 0.1) is 11.3 Å². The van der Waals surface area contributed by atoms with Crippen LogP contribution in [-0.4, -0.2) is 10.5 Å². The number of halogens is 2. The molecule has 0 aliphatic heterocycles. The van der Waals surface area contributed by atoms with Crippen LogP contribution in [0.15, 0.2) is 0 Å². The Bertz CT molecular complexity index is 240. The molecule has 4 heteroatoms. The molecule has 0 aromatic carbocycles. The molecule has 0 spiro atoms. The van der Waals surface area contributed by atoms with Crippen molar-refractivity contribution in [3.8, 4) is 0 Å². The van der Waals surface area contributed by atoms with Crippen molar-refractivity contribution in [3.63, 3.8) is 0 Å². The molecule has 0 saturated heterocycles. The summed E-state index contributed by atoms with van der Waals surface area (Å²) in [6.07, 6.45) is 3.23. The molecule has 13 heavy (non-hydrogen) atoms. The van der Waals surface area contributed by atoms with Gasteiger partial charge in [-0.15, -0.1) is 0 Å². The normalized spacial score (nSPS) is 34.2. The Morgan fingerprint density at radius 3 is 2.31 bits per heavy atom. The van der Waals surface area contributed by atoms with Gasteiger partial charge in [0.15, 0.2) is 0 Å². The van der Waals surface area contributed by atoms with Crippen LogP contribution in [0.4, 0.5) is 0 Å². The zero-order valence-electron chi connectivity index (χ0n) is 7.48. The van der Waals surface area contributed by atoms with E-state index >= 15 is 0 Å². The quantitative estimate of drug-likeness (QED) is 0.674. The number of rotatable bonds is 2. The molecule has 0 amide bonds. The van der Waals surface area contributed by atoms with Crippen LogP contribution in [-0.2, 0) is 9.59 Å². The maximum absolute atomic E-state index is 11.2. The summed E-state index contributed by atoms with van der Waals surface area (Å²) < 4.78 is 0. The van der Waals surface area contributed by atoms with E-state index in [4.69, 9.17) is 23.2 Å². The van der Waals surface area contributed by atoms with Gasteiger partial charge in [-0.2, -0.15) is 0 Å². The predicted molar refractivity (Wildman–Crippen MR) is 51.8 cm³/mol. The Balaban J connectivity index is 2.89. The highest BCUT2D eigenvalue weighted by molar-refractivity contribution is 6.67. The molecule has 2 atom stereocenters. The highest BCUT2D eigenvalue weighted by Gasteiger charge is 2.45. The largest absolute Gasteiger partial charge is 0.281 e. The Kier molecular flexibility index (Phi) is 3.36. The lowest BCUT2D eigenvalue weighted by Crippen LogP contribution is -2.39. The Labute approximate surface area is 87.6 Å². The zero-order valence-corrected chi connectivity index (χ0v) is 8.99. The fraction of sp³-hybridized carbons (Fsp3) is 0.778. The summed E-state index contributed by atoms with van der Waals surface area (Å²) in [6.45, 7) is 1.73. The summed E-state index contributed by atoms with van der Waals surface area (Å²) in [6, 6.07) is 0. The molecular formula is C9H12Cl2O2. The van der Waals surface area contributed by atoms with Gasteiger partial charge in [0.1, 0.15) is 0 Å². The lowest BCUT2D eigenvalue weighted by molar-refractivity contribution is -0.132. The van der Waals surface area contributed by atoms with Crippen molar-refractivity contribution < 1.29 is 9.59 Å². The topological polar surface area (TPSA) is 34.1 Å². The van der Waals surface area contributed by atoms with Crippen LogP contribution in [0.2, 0.25) is 0 Å². The van der Waals surface area contributed by atoms with Crippen LogP contribution < -0.4 is 0 Å². The molecule has 1 rings (SSSR count). The van der Waals surface area contributed by atoms with Gasteiger partial charge in [-0.05, 0) is 36.0 Å². The molecule has 1 aliphatic carbocycles. The summed E-state index contributed by atoms with van der Waals surface area (Å²) in [5.41, 5.74) is -0.737. The Morgan fingerprint density at radius 2 is 1.92 bits per heavy atom. The van der Waals surface area contributed by atoms with Crippen molar-refractivity contribution in [3.05, 3.63) is 0 Å². The van der Waals surface area contributed by atoms with E-state index in [2.05, 4.69) is 0 Å². The summed E-state index contributed by atoms with van der Waals surface area (Å²) in [7, 11) is 0. The zero-order chi connectivity index (χ0) is 10.1. The third-order valence-electron chi connectivity index (χ3n) is 2.93. The van der Waals surface area contributed by atoms with Crippen molar-refractivity contribution in [2.24, 2.45) is 11.3 Å². The van der Waals surface area contributed by atoms with Gasteiger partial charge in [0.2, 0.25) is 10.5 Å². The summed E-state index contributed by atoms with van der Waals surface area (Å²) in [5, 5.41) is -0.873. The van der Waals surface area contributed by atoms with Crippen molar-refractivity contribution in [1.82, 2.24) is 0 Å². The second kappa shape index (κ2) is 3.97. The standard InChI is InChI=1S/C9H12Cl2O2/c1-9(8(11)13)5-3-2-4-6(9)7(10)12/h6H,2-5H2,1H3. The maximum atomic E-state index is 11.2. The summed E-state index contributed by atoms with van der Waals surface area (Å²) >= 11 is 10.9. The first-order valence-electron chi connectivity index (χ1n) is 4.38. The summed E-state index contributed by atoms with van der Waals surface area (Å²) in [5.74, 6) is -0.395. The van der Waals surface area contributed by atoms with Gasteiger partial charge in [-0.25, -0.2) is 0 Å². The molecule has 0 bridgehead atoms. The first-order valence-corrected chi connectivity index (χ1v) is 5.13. The second-order valence-electron chi connectivity index (χ2n) is 3.79. The molecule has 1 fully saturated rings. The highest BCUT2D eigenvalue weighted by Crippen LogP contribution is 2.43. The fourth-order valence-electron chi connectivity index (χ4n) is 1.93. The van der Waals surface area contributed by atoms with Gasteiger partial charge >= 0.3 is 0 Å². The summed E-state index contributed by atoms with van der Waals surface area (Å²) in [4.78, 5) is 22.3. The third-order valence-corrected chi connectivity index (χ3v) is 3.63. The molecular weight excluding hydrogens is 211 g/mol. The molecule has 74 valence electrons. The maximum Gasteiger partial charge on any atom is 0.228 e. The van der Waals surface area contributed by atoms with E-state index in [1.807, 2.05) is 0 Å². The van der Waals surface area contributed by atoms with Crippen LogP contribution in [0.5, 0.6) is 0 Å². The van der Waals surface area contributed by atoms with Crippen molar-refractivity contribution in [2.75, 3.05) is 0 Å². The molecule has 2 nitrogen and oxygen atoms in total. The Hall–Kier alpha value is -0.0800. The predicted octanol–water partition coefficient (Wildman–Crippen LogP) is 2.71. The fourth-order valence-corrected chi connectivity index (χ4v) is 2.51. The first-order chi connectivity index (χ1) is 5.98. The van der Waals surface area contributed by atoms with Gasteiger partial charge in [0.05, 0.1) is 5.41 Å². The average molecular weight is 223 g/mol. The number of carbonyl (C=O) groups is 2. The van der Waals surface area contributed by atoms with E-state index in [1.54, 1.807) is 6.92 Å². The molecule has 1 saturated carbocycles. The molecule has 0 aromatic heterocycles. The van der Waals surface area contributed by atoms with E-state index in [1.165, 1.54) is 0 Å². The number of carbonyl (C=O) groups excluding carboxylic acids is 2. The van der Waals surface area contributed by atoms with E-state index in [-0.39, 0.29) is 0 Å². The minimum atomic E-state index is -0.737. The Morgan fingerprint density at radius 1 is 1.31 bits per heavy atom. The van der Waals surface area contributed by atoms with Crippen molar-refractivity contribution >= 4 is 33.7 Å². The monoisotopic (exact) mass is 222 g/mol. The lowest BCUT2D eigenvalue weighted by atomic mass is 9.69. The smallest absolute Gasteiger partial charge is 0.228 e. The van der Waals surface area contributed by atoms with Gasteiger partial charge in [0, 0.05) is 5.92 Å². The van der Waals surface area contributed by atoms with Gasteiger partial charge < -0.3 is 0 Å². The lowest BCUT2D eigenvalue weighted by Gasteiger charge is -2.36. The minimum absolute atomic E-state index is 0.395. The van der Waals surface area contributed by atoms with Gasteiger partial charge in [-0.3, -0.25) is 9.59 Å². The first kappa shape index (κ1) is 11.0. The van der Waals surface area contributed by atoms with Crippen molar-refractivity contribution in [2.45, 2.75) is 32.6 Å².